The SMILES string of the molecule is CCOC(=O)Cc1ccc(N2C(=O)c3c(c(OCC)c4ccccc4c3C)C2=O)cc1. The van der Waals surface area contributed by atoms with E-state index >= 15 is 0 Å². The fourth-order valence-corrected chi connectivity index (χ4v) is 4.04. The number of imide groups is 1. The largest absolute Gasteiger partial charge is 0.492 e. The molecule has 0 radical (unpaired) electrons. The maximum absolute atomic E-state index is 13.4. The van der Waals surface area contributed by atoms with E-state index in [9.17, 15) is 14.4 Å². The molecule has 6 nitrogen and oxygen atoms in total. The number of anilines is 1. The van der Waals surface area contributed by atoms with Gasteiger partial charge in [-0.3, -0.25) is 14.4 Å². The van der Waals surface area contributed by atoms with Crippen molar-refractivity contribution >= 4 is 34.2 Å². The zero-order chi connectivity index (χ0) is 22.1. The lowest BCUT2D eigenvalue weighted by atomic mass is 9.95. The number of rotatable bonds is 6. The predicted molar refractivity (Wildman–Crippen MR) is 118 cm³/mol. The molecule has 0 unspecified atom stereocenters. The first-order valence-electron chi connectivity index (χ1n) is 10.3. The van der Waals surface area contributed by atoms with Crippen LogP contribution < -0.4 is 9.64 Å². The summed E-state index contributed by atoms with van der Waals surface area (Å²) >= 11 is 0. The number of nitrogens with zero attached hydrogens (tertiary/aromatic N) is 1. The zero-order valence-corrected chi connectivity index (χ0v) is 17.7. The van der Waals surface area contributed by atoms with Gasteiger partial charge in [0.25, 0.3) is 11.8 Å². The Morgan fingerprint density at radius 2 is 1.52 bits per heavy atom. The molecule has 0 fully saturated rings. The predicted octanol–water partition coefficient (Wildman–Crippen LogP) is 4.45. The summed E-state index contributed by atoms with van der Waals surface area (Å²) in [7, 11) is 0. The molecular weight excluding hydrogens is 394 g/mol. The lowest BCUT2D eigenvalue weighted by Crippen LogP contribution is -2.29. The average Bonchev–Trinajstić information content (AvgIpc) is 3.02. The summed E-state index contributed by atoms with van der Waals surface area (Å²) in [5.74, 6) is -0.657. The Morgan fingerprint density at radius 1 is 0.871 bits per heavy atom. The fourth-order valence-electron chi connectivity index (χ4n) is 4.04. The van der Waals surface area contributed by atoms with Gasteiger partial charge in [0.05, 0.1) is 36.4 Å². The van der Waals surface area contributed by atoms with E-state index in [4.69, 9.17) is 9.47 Å². The van der Waals surface area contributed by atoms with Crippen LogP contribution in [0.25, 0.3) is 10.8 Å². The smallest absolute Gasteiger partial charge is 0.310 e. The van der Waals surface area contributed by atoms with Crippen molar-refractivity contribution in [1.82, 2.24) is 0 Å². The molecule has 3 aromatic rings. The number of esters is 1. The summed E-state index contributed by atoms with van der Waals surface area (Å²) < 4.78 is 10.8. The molecule has 0 aliphatic carbocycles. The number of hydrogen-bond acceptors (Lipinski definition) is 5. The standard InChI is InChI=1S/C25H23NO5/c1-4-30-20(27)14-16-10-12-17(13-11-16)26-24(28)21-15(3)18-8-6-7-9-19(18)23(31-5-2)22(21)25(26)29/h6-13H,4-5,14H2,1-3H3. The molecule has 0 aromatic heterocycles. The molecule has 158 valence electrons. The molecule has 0 saturated carbocycles. The van der Waals surface area contributed by atoms with Gasteiger partial charge in [-0.2, -0.15) is 0 Å². The summed E-state index contributed by atoms with van der Waals surface area (Å²) in [6, 6.07) is 14.4. The van der Waals surface area contributed by atoms with Crippen molar-refractivity contribution in [2.24, 2.45) is 0 Å². The van der Waals surface area contributed by atoms with Crippen LogP contribution in [0.15, 0.2) is 48.5 Å². The molecule has 0 spiro atoms. The van der Waals surface area contributed by atoms with Gasteiger partial charge in [-0.05, 0) is 49.4 Å². The molecular formula is C25H23NO5. The van der Waals surface area contributed by atoms with Crippen molar-refractivity contribution in [2.45, 2.75) is 27.2 Å². The highest BCUT2D eigenvalue weighted by molar-refractivity contribution is 6.37. The van der Waals surface area contributed by atoms with Crippen molar-refractivity contribution in [3.05, 3.63) is 70.8 Å². The van der Waals surface area contributed by atoms with E-state index < -0.39 is 5.91 Å². The van der Waals surface area contributed by atoms with E-state index in [0.29, 0.717) is 35.8 Å². The van der Waals surface area contributed by atoms with Crippen LogP contribution in [0, 0.1) is 6.92 Å². The monoisotopic (exact) mass is 417 g/mol. The lowest BCUT2D eigenvalue weighted by Gasteiger charge is -2.15. The highest BCUT2D eigenvalue weighted by Gasteiger charge is 2.41. The van der Waals surface area contributed by atoms with Crippen LogP contribution >= 0.6 is 0 Å². The van der Waals surface area contributed by atoms with Crippen molar-refractivity contribution in [3.63, 3.8) is 0 Å². The second-order valence-electron chi connectivity index (χ2n) is 7.28. The maximum Gasteiger partial charge on any atom is 0.310 e. The Morgan fingerprint density at radius 3 is 2.16 bits per heavy atom. The van der Waals surface area contributed by atoms with Gasteiger partial charge < -0.3 is 9.47 Å². The van der Waals surface area contributed by atoms with Crippen LogP contribution in [0.3, 0.4) is 0 Å². The average molecular weight is 417 g/mol. The Hall–Kier alpha value is -3.67. The molecule has 1 aliphatic rings. The number of fused-ring (bicyclic) bond motifs is 2. The molecule has 2 amide bonds. The van der Waals surface area contributed by atoms with Gasteiger partial charge in [0.15, 0.2) is 0 Å². The molecule has 3 aromatic carbocycles. The lowest BCUT2D eigenvalue weighted by molar-refractivity contribution is -0.142. The molecule has 0 N–H and O–H groups in total. The Labute approximate surface area is 180 Å². The van der Waals surface area contributed by atoms with E-state index in [1.165, 1.54) is 4.90 Å². The number of carbonyl (C=O) groups is 3. The van der Waals surface area contributed by atoms with Gasteiger partial charge in [-0.15, -0.1) is 0 Å². The minimum atomic E-state index is -0.407. The van der Waals surface area contributed by atoms with Crippen molar-refractivity contribution in [2.75, 3.05) is 18.1 Å². The first-order chi connectivity index (χ1) is 15.0. The molecule has 6 heteroatoms. The summed E-state index contributed by atoms with van der Waals surface area (Å²) in [4.78, 5) is 39.6. The molecule has 0 saturated heterocycles. The molecule has 4 rings (SSSR count). The van der Waals surface area contributed by atoms with E-state index in [-0.39, 0.29) is 18.3 Å². The third-order valence-electron chi connectivity index (χ3n) is 5.40. The van der Waals surface area contributed by atoms with Gasteiger partial charge in [0.2, 0.25) is 0 Å². The van der Waals surface area contributed by atoms with Crippen LogP contribution in [0.4, 0.5) is 5.69 Å². The first kappa shape index (κ1) is 20.6. The highest BCUT2D eigenvalue weighted by Crippen LogP contribution is 2.42. The maximum atomic E-state index is 13.4. The Bertz CT molecular complexity index is 1200. The number of benzene rings is 3. The Balaban J connectivity index is 1.77. The van der Waals surface area contributed by atoms with Gasteiger partial charge in [-0.25, -0.2) is 4.90 Å². The van der Waals surface area contributed by atoms with E-state index in [1.807, 2.05) is 38.1 Å². The van der Waals surface area contributed by atoms with Crippen LogP contribution in [0.1, 0.15) is 45.7 Å². The van der Waals surface area contributed by atoms with Crippen molar-refractivity contribution in [3.8, 4) is 5.75 Å². The normalized spacial score (nSPS) is 12.9. The Kier molecular flexibility index (Phi) is 5.46. The number of amides is 2. The topological polar surface area (TPSA) is 72.9 Å². The van der Waals surface area contributed by atoms with Crippen LogP contribution in [0.2, 0.25) is 0 Å². The van der Waals surface area contributed by atoms with Crippen LogP contribution in [0.5, 0.6) is 5.75 Å². The van der Waals surface area contributed by atoms with Gasteiger partial charge in [0, 0.05) is 5.39 Å². The third kappa shape index (κ3) is 3.44. The molecule has 31 heavy (non-hydrogen) atoms. The number of hydrogen-bond donors (Lipinski definition) is 0. The van der Waals surface area contributed by atoms with Crippen LogP contribution in [-0.2, 0) is 16.0 Å². The fraction of sp³-hybridized carbons (Fsp3) is 0.240. The van der Waals surface area contributed by atoms with Gasteiger partial charge in [0.1, 0.15) is 5.75 Å². The number of carbonyl (C=O) groups excluding carboxylic acids is 3. The molecule has 0 bridgehead atoms. The van der Waals surface area contributed by atoms with Crippen LogP contribution in [-0.4, -0.2) is 31.0 Å². The molecule has 1 aliphatic heterocycles. The third-order valence-corrected chi connectivity index (χ3v) is 5.40. The van der Waals surface area contributed by atoms with Crippen molar-refractivity contribution < 1.29 is 23.9 Å². The number of ether oxygens (including phenoxy) is 2. The second kappa shape index (κ2) is 8.22. The summed E-state index contributed by atoms with van der Waals surface area (Å²) in [6.07, 6.45) is 0.134. The zero-order valence-electron chi connectivity index (χ0n) is 17.7. The highest BCUT2D eigenvalue weighted by atomic mass is 16.5. The van der Waals surface area contributed by atoms with Gasteiger partial charge in [-0.1, -0.05) is 36.4 Å². The summed E-state index contributed by atoms with van der Waals surface area (Å²) in [5, 5.41) is 1.70. The first-order valence-corrected chi connectivity index (χ1v) is 10.3. The minimum Gasteiger partial charge on any atom is -0.492 e. The number of aryl methyl sites for hydroxylation is 1. The summed E-state index contributed by atoms with van der Waals surface area (Å²) in [5.41, 5.74) is 2.63. The minimum absolute atomic E-state index is 0.134. The van der Waals surface area contributed by atoms with E-state index in [1.54, 1.807) is 31.2 Å². The van der Waals surface area contributed by atoms with E-state index in [2.05, 4.69) is 0 Å². The van der Waals surface area contributed by atoms with Crippen molar-refractivity contribution in [1.29, 1.82) is 0 Å². The quantitative estimate of drug-likeness (QED) is 0.438. The second-order valence-corrected chi connectivity index (χ2v) is 7.28. The molecule has 0 atom stereocenters. The summed E-state index contributed by atoms with van der Waals surface area (Å²) in [6.45, 7) is 6.16. The van der Waals surface area contributed by atoms with Gasteiger partial charge >= 0.3 is 5.97 Å². The van der Waals surface area contributed by atoms with E-state index in [0.717, 1.165) is 21.9 Å². The molecule has 1 heterocycles.